The molecule has 0 N–H and O–H groups in total. The molecule has 0 spiro atoms. The zero-order valence-electron chi connectivity index (χ0n) is 11.7. The maximum absolute atomic E-state index is 11.6. The van der Waals surface area contributed by atoms with Crippen LogP contribution in [0.1, 0.15) is 36.7 Å². The van der Waals surface area contributed by atoms with Crippen molar-refractivity contribution in [1.82, 2.24) is 0 Å². The summed E-state index contributed by atoms with van der Waals surface area (Å²) in [5.74, 6) is 0.484. The van der Waals surface area contributed by atoms with E-state index in [1.807, 2.05) is 24.3 Å². The lowest BCUT2D eigenvalue weighted by atomic mass is 9.82. The van der Waals surface area contributed by atoms with E-state index < -0.39 is 0 Å². The Bertz CT molecular complexity index is 575. The van der Waals surface area contributed by atoms with Gasteiger partial charge in [-0.25, -0.2) is 4.79 Å². The van der Waals surface area contributed by atoms with Gasteiger partial charge in [-0.15, -0.1) is 0 Å². The van der Waals surface area contributed by atoms with Crippen molar-refractivity contribution in [2.24, 2.45) is 0 Å². The zero-order valence-corrected chi connectivity index (χ0v) is 11.7. The zero-order chi connectivity index (χ0) is 14.0. The molecule has 2 aromatic rings. The first-order chi connectivity index (χ1) is 8.93. The third-order valence-corrected chi connectivity index (χ3v) is 3.04. The molecule has 0 amide bonds. The number of methoxy groups -OCH3 is 1. The SMILES string of the molecule is COC(=O)c1ccc(-c2ccco2)c(C(C)(C)C)c1. The number of rotatable bonds is 2. The van der Waals surface area contributed by atoms with Gasteiger partial charge in [0.15, 0.2) is 0 Å². The number of hydrogen-bond donors (Lipinski definition) is 0. The molecule has 0 aliphatic heterocycles. The van der Waals surface area contributed by atoms with Gasteiger partial charge in [0.1, 0.15) is 5.76 Å². The number of ether oxygens (including phenoxy) is 1. The molecule has 0 radical (unpaired) electrons. The van der Waals surface area contributed by atoms with Crippen LogP contribution in [-0.4, -0.2) is 13.1 Å². The molecule has 1 heterocycles. The Morgan fingerprint density at radius 1 is 1.21 bits per heavy atom. The first kappa shape index (κ1) is 13.4. The minimum Gasteiger partial charge on any atom is -0.465 e. The van der Waals surface area contributed by atoms with Gasteiger partial charge in [0.25, 0.3) is 0 Å². The van der Waals surface area contributed by atoms with Crippen molar-refractivity contribution in [3.63, 3.8) is 0 Å². The molecule has 0 saturated heterocycles. The molecule has 3 heteroatoms. The molecule has 2 rings (SSSR count). The summed E-state index contributed by atoms with van der Waals surface area (Å²) in [6, 6.07) is 9.33. The van der Waals surface area contributed by atoms with Crippen LogP contribution < -0.4 is 0 Å². The predicted molar refractivity (Wildman–Crippen MR) is 74.2 cm³/mol. The molecule has 100 valence electrons. The van der Waals surface area contributed by atoms with E-state index in [2.05, 4.69) is 20.8 Å². The summed E-state index contributed by atoms with van der Waals surface area (Å²) in [5.41, 5.74) is 2.53. The highest BCUT2D eigenvalue weighted by atomic mass is 16.5. The van der Waals surface area contributed by atoms with E-state index >= 15 is 0 Å². The Kier molecular flexibility index (Phi) is 3.47. The third kappa shape index (κ3) is 2.70. The summed E-state index contributed by atoms with van der Waals surface area (Å²) < 4.78 is 10.2. The van der Waals surface area contributed by atoms with Gasteiger partial charge in [-0.05, 0) is 35.2 Å². The van der Waals surface area contributed by atoms with E-state index in [4.69, 9.17) is 9.15 Å². The van der Waals surface area contributed by atoms with Crippen molar-refractivity contribution >= 4 is 5.97 Å². The number of carbonyl (C=O) groups excluding carboxylic acids is 1. The molecule has 0 aliphatic rings. The Labute approximate surface area is 113 Å². The summed E-state index contributed by atoms with van der Waals surface area (Å²) in [4.78, 5) is 11.6. The van der Waals surface area contributed by atoms with Gasteiger partial charge in [-0.1, -0.05) is 26.8 Å². The van der Waals surface area contributed by atoms with Crippen molar-refractivity contribution in [3.8, 4) is 11.3 Å². The largest absolute Gasteiger partial charge is 0.465 e. The Hall–Kier alpha value is -2.03. The van der Waals surface area contributed by atoms with Crippen LogP contribution >= 0.6 is 0 Å². The fraction of sp³-hybridized carbons (Fsp3) is 0.312. The maximum atomic E-state index is 11.6. The average molecular weight is 258 g/mol. The molecule has 3 nitrogen and oxygen atoms in total. The topological polar surface area (TPSA) is 39.4 Å². The molecule has 0 bridgehead atoms. The highest BCUT2D eigenvalue weighted by molar-refractivity contribution is 5.90. The molecule has 0 fully saturated rings. The van der Waals surface area contributed by atoms with Crippen molar-refractivity contribution in [2.75, 3.05) is 7.11 Å². The molecular weight excluding hydrogens is 240 g/mol. The number of furan rings is 1. The van der Waals surface area contributed by atoms with E-state index in [9.17, 15) is 4.79 Å². The van der Waals surface area contributed by atoms with Crippen LogP contribution in [0.5, 0.6) is 0 Å². The lowest BCUT2D eigenvalue weighted by Crippen LogP contribution is -2.14. The molecule has 1 aromatic heterocycles. The van der Waals surface area contributed by atoms with Crippen LogP contribution in [0.2, 0.25) is 0 Å². The fourth-order valence-electron chi connectivity index (χ4n) is 2.06. The van der Waals surface area contributed by atoms with Crippen molar-refractivity contribution in [2.45, 2.75) is 26.2 Å². The Morgan fingerprint density at radius 3 is 2.47 bits per heavy atom. The number of hydrogen-bond acceptors (Lipinski definition) is 3. The molecule has 0 aliphatic carbocycles. The first-order valence-electron chi connectivity index (χ1n) is 6.20. The van der Waals surface area contributed by atoms with Crippen molar-refractivity contribution < 1.29 is 13.9 Å². The molecule has 19 heavy (non-hydrogen) atoms. The van der Waals surface area contributed by atoms with Gasteiger partial charge in [-0.3, -0.25) is 0 Å². The summed E-state index contributed by atoms with van der Waals surface area (Å²) >= 11 is 0. The molecule has 0 saturated carbocycles. The van der Waals surface area contributed by atoms with E-state index in [1.54, 1.807) is 12.3 Å². The highest BCUT2D eigenvalue weighted by Gasteiger charge is 2.22. The second kappa shape index (κ2) is 4.92. The summed E-state index contributed by atoms with van der Waals surface area (Å²) in [7, 11) is 1.39. The van der Waals surface area contributed by atoms with Gasteiger partial charge in [0.05, 0.1) is 18.9 Å². The van der Waals surface area contributed by atoms with Crippen LogP contribution in [0, 0.1) is 0 Å². The van der Waals surface area contributed by atoms with E-state index in [1.165, 1.54) is 7.11 Å². The minimum absolute atomic E-state index is 0.0911. The summed E-state index contributed by atoms with van der Waals surface area (Å²) in [6.07, 6.45) is 1.65. The lowest BCUT2D eigenvalue weighted by molar-refractivity contribution is 0.0600. The quantitative estimate of drug-likeness (QED) is 0.763. The van der Waals surface area contributed by atoms with Crippen molar-refractivity contribution in [1.29, 1.82) is 0 Å². The van der Waals surface area contributed by atoms with E-state index in [0.29, 0.717) is 5.56 Å². The minimum atomic E-state index is -0.323. The van der Waals surface area contributed by atoms with Crippen molar-refractivity contribution in [3.05, 3.63) is 47.7 Å². The van der Waals surface area contributed by atoms with Gasteiger partial charge in [-0.2, -0.15) is 0 Å². The van der Waals surface area contributed by atoms with Gasteiger partial charge in [0, 0.05) is 5.56 Å². The Balaban J connectivity index is 2.59. The Morgan fingerprint density at radius 2 is 1.95 bits per heavy atom. The van der Waals surface area contributed by atoms with E-state index in [0.717, 1.165) is 16.9 Å². The van der Waals surface area contributed by atoms with Crippen LogP contribution in [0.4, 0.5) is 0 Å². The number of esters is 1. The van der Waals surface area contributed by atoms with Crippen LogP contribution in [-0.2, 0) is 10.2 Å². The van der Waals surface area contributed by atoms with Gasteiger partial charge in [0.2, 0.25) is 0 Å². The second-order valence-corrected chi connectivity index (χ2v) is 5.48. The fourth-order valence-corrected chi connectivity index (χ4v) is 2.06. The molecule has 0 atom stereocenters. The van der Waals surface area contributed by atoms with Crippen LogP contribution in [0.3, 0.4) is 0 Å². The summed E-state index contributed by atoms with van der Waals surface area (Å²) in [5, 5.41) is 0. The normalized spacial score (nSPS) is 11.4. The van der Waals surface area contributed by atoms with Gasteiger partial charge < -0.3 is 9.15 Å². The third-order valence-electron chi connectivity index (χ3n) is 3.04. The smallest absolute Gasteiger partial charge is 0.337 e. The maximum Gasteiger partial charge on any atom is 0.337 e. The number of benzene rings is 1. The summed E-state index contributed by atoms with van der Waals surface area (Å²) in [6.45, 7) is 6.32. The standard InChI is InChI=1S/C16H18O3/c1-16(2,3)13-10-11(15(17)18-4)7-8-12(13)14-6-5-9-19-14/h5-10H,1-4H3. The van der Waals surface area contributed by atoms with E-state index in [-0.39, 0.29) is 11.4 Å². The highest BCUT2D eigenvalue weighted by Crippen LogP contribution is 2.34. The van der Waals surface area contributed by atoms with Crippen LogP contribution in [0.15, 0.2) is 41.0 Å². The number of carbonyl (C=O) groups is 1. The molecule has 1 aromatic carbocycles. The molecular formula is C16H18O3. The monoisotopic (exact) mass is 258 g/mol. The van der Waals surface area contributed by atoms with Gasteiger partial charge >= 0.3 is 5.97 Å². The average Bonchev–Trinajstić information content (AvgIpc) is 2.90. The molecule has 0 unspecified atom stereocenters. The first-order valence-corrected chi connectivity index (χ1v) is 6.20. The predicted octanol–water partition coefficient (Wildman–Crippen LogP) is 4.03. The lowest BCUT2D eigenvalue weighted by Gasteiger charge is -2.22. The van der Waals surface area contributed by atoms with Crippen LogP contribution in [0.25, 0.3) is 11.3 Å². The second-order valence-electron chi connectivity index (χ2n) is 5.48.